The van der Waals surface area contributed by atoms with E-state index in [9.17, 15) is 4.79 Å². The highest BCUT2D eigenvalue weighted by molar-refractivity contribution is 6.06. The van der Waals surface area contributed by atoms with Crippen LogP contribution in [0.2, 0.25) is 0 Å². The molecule has 0 bridgehead atoms. The van der Waals surface area contributed by atoms with Crippen LogP contribution in [0.5, 0.6) is 0 Å². The predicted octanol–water partition coefficient (Wildman–Crippen LogP) is 3.57. The largest absolute Gasteiger partial charge is 0.380 e. The van der Waals surface area contributed by atoms with Gasteiger partial charge in [0.05, 0.1) is 6.61 Å². The molecule has 0 aliphatic rings. The number of anilines is 1. The number of H-pyrrole nitrogens is 1. The van der Waals surface area contributed by atoms with Crippen LogP contribution in [0.3, 0.4) is 0 Å². The number of aromatic nitrogens is 1. The molecule has 0 fully saturated rings. The maximum atomic E-state index is 12.3. The smallest absolute Gasteiger partial charge is 0.255 e. The lowest BCUT2D eigenvalue weighted by Crippen LogP contribution is -2.11. The SMILES string of the molecule is COCc1cccc(NC(=O)c2ccc3[nH]ccc3c2)c1. The van der Waals surface area contributed by atoms with Gasteiger partial charge in [-0.25, -0.2) is 0 Å². The molecule has 2 N–H and O–H groups in total. The number of hydrogen-bond acceptors (Lipinski definition) is 2. The van der Waals surface area contributed by atoms with Crippen molar-refractivity contribution in [2.24, 2.45) is 0 Å². The maximum Gasteiger partial charge on any atom is 0.255 e. The summed E-state index contributed by atoms with van der Waals surface area (Å²) in [5.74, 6) is -0.118. The van der Waals surface area contributed by atoms with Crippen LogP contribution >= 0.6 is 0 Å². The molecule has 21 heavy (non-hydrogen) atoms. The molecule has 1 amide bonds. The van der Waals surface area contributed by atoms with Crippen LogP contribution in [0.4, 0.5) is 5.69 Å². The molecule has 2 aromatic carbocycles. The minimum absolute atomic E-state index is 0.118. The molecule has 0 aliphatic heterocycles. The van der Waals surface area contributed by atoms with Crippen LogP contribution < -0.4 is 5.32 Å². The van der Waals surface area contributed by atoms with Crippen LogP contribution in [0.15, 0.2) is 54.7 Å². The van der Waals surface area contributed by atoms with Crippen molar-refractivity contribution in [1.29, 1.82) is 0 Å². The number of fused-ring (bicyclic) bond motifs is 1. The van der Waals surface area contributed by atoms with Gasteiger partial charge in [-0.15, -0.1) is 0 Å². The zero-order valence-corrected chi connectivity index (χ0v) is 11.7. The van der Waals surface area contributed by atoms with Gasteiger partial charge in [0.1, 0.15) is 0 Å². The van der Waals surface area contributed by atoms with E-state index in [-0.39, 0.29) is 5.91 Å². The first-order valence-electron chi connectivity index (χ1n) is 6.72. The minimum Gasteiger partial charge on any atom is -0.380 e. The number of ether oxygens (including phenoxy) is 1. The van der Waals surface area contributed by atoms with E-state index < -0.39 is 0 Å². The summed E-state index contributed by atoms with van der Waals surface area (Å²) in [7, 11) is 1.65. The number of nitrogens with one attached hydrogen (secondary N) is 2. The van der Waals surface area contributed by atoms with E-state index in [1.807, 2.05) is 54.7 Å². The zero-order chi connectivity index (χ0) is 14.7. The second-order valence-corrected chi connectivity index (χ2v) is 4.87. The Morgan fingerprint density at radius 3 is 2.95 bits per heavy atom. The van der Waals surface area contributed by atoms with E-state index in [4.69, 9.17) is 4.74 Å². The fourth-order valence-corrected chi connectivity index (χ4v) is 2.30. The first-order valence-corrected chi connectivity index (χ1v) is 6.72. The molecule has 1 heterocycles. The number of benzene rings is 2. The average Bonchev–Trinajstić information content (AvgIpc) is 2.95. The molecule has 3 aromatic rings. The van der Waals surface area contributed by atoms with Crippen molar-refractivity contribution < 1.29 is 9.53 Å². The van der Waals surface area contributed by atoms with Crippen molar-refractivity contribution in [3.05, 3.63) is 65.9 Å². The van der Waals surface area contributed by atoms with Crippen LogP contribution in [0.25, 0.3) is 10.9 Å². The standard InChI is InChI=1S/C17H16N2O2/c1-21-11-12-3-2-4-15(9-12)19-17(20)14-5-6-16-13(10-14)7-8-18-16/h2-10,18H,11H2,1H3,(H,19,20). The third kappa shape index (κ3) is 2.95. The van der Waals surface area contributed by atoms with E-state index in [2.05, 4.69) is 10.3 Å². The lowest BCUT2D eigenvalue weighted by atomic mass is 10.1. The Balaban J connectivity index is 1.80. The van der Waals surface area contributed by atoms with E-state index in [0.717, 1.165) is 22.2 Å². The van der Waals surface area contributed by atoms with Gasteiger partial charge in [-0.05, 0) is 42.0 Å². The summed E-state index contributed by atoms with van der Waals surface area (Å²) < 4.78 is 5.10. The van der Waals surface area contributed by atoms with Crippen molar-refractivity contribution in [2.45, 2.75) is 6.61 Å². The van der Waals surface area contributed by atoms with E-state index in [1.54, 1.807) is 7.11 Å². The number of hydrogen-bond donors (Lipinski definition) is 2. The van der Waals surface area contributed by atoms with Gasteiger partial charge in [-0.3, -0.25) is 4.79 Å². The van der Waals surface area contributed by atoms with Gasteiger partial charge in [0.25, 0.3) is 5.91 Å². The number of methoxy groups -OCH3 is 1. The number of rotatable bonds is 4. The predicted molar refractivity (Wildman–Crippen MR) is 83.4 cm³/mol. The van der Waals surface area contributed by atoms with Gasteiger partial charge in [0.2, 0.25) is 0 Å². The van der Waals surface area contributed by atoms with E-state index in [0.29, 0.717) is 12.2 Å². The quantitative estimate of drug-likeness (QED) is 0.767. The molecule has 4 heteroatoms. The van der Waals surface area contributed by atoms with Gasteiger partial charge >= 0.3 is 0 Å². The number of carbonyl (C=O) groups is 1. The molecule has 0 radical (unpaired) electrons. The number of aromatic amines is 1. The van der Waals surface area contributed by atoms with Gasteiger partial charge in [-0.1, -0.05) is 12.1 Å². The average molecular weight is 280 g/mol. The number of carbonyl (C=O) groups excluding carboxylic acids is 1. The second-order valence-electron chi connectivity index (χ2n) is 4.87. The van der Waals surface area contributed by atoms with Crippen molar-refractivity contribution in [3.8, 4) is 0 Å². The Kier molecular flexibility index (Phi) is 3.71. The van der Waals surface area contributed by atoms with Crippen LogP contribution in [0.1, 0.15) is 15.9 Å². The van der Waals surface area contributed by atoms with Crippen molar-refractivity contribution >= 4 is 22.5 Å². The Bertz CT molecular complexity index is 777. The maximum absolute atomic E-state index is 12.3. The van der Waals surface area contributed by atoms with Gasteiger partial charge in [0, 0.05) is 35.5 Å². The number of amides is 1. The molecule has 0 atom stereocenters. The van der Waals surface area contributed by atoms with Crippen molar-refractivity contribution in [1.82, 2.24) is 4.98 Å². The molecule has 0 saturated heterocycles. The summed E-state index contributed by atoms with van der Waals surface area (Å²) in [5, 5.41) is 3.93. The molecule has 1 aromatic heterocycles. The summed E-state index contributed by atoms with van der Waals surface area (Å²) in [4.78, 5) is 15.4. The molecule has 0 aliphatic carbocycles. The van der Waals surface area contributed by atoms with Crippen LogP contribution in [-0.2, 0) is 11.3 Å². The topological polar surface area (TPSA) is 54.1 Å². The summed E-state index contributed by atoms with van der Waals surface area (Å²) >= 11 is 0. The molecular weight excluding hydrogens is 264 g/mol. The molecular formula is C17H16N2O2. The zero-order valence-electron chi connectivity index (χ0n) is 11.7. The first-order chi connectivity index (χ1) is 10.3. The van der Waals surface area contributed by atoms with Crippen molar-refractivity contribution in [3.63, 3.8) is 0 Å². The summed E-state index contributed by atoms with van der Waals surface area (Å²) in [6.07, 6.45) is 1.86. The van der Waals surface area contributed by atoms with E-state index >= 15 is 0 Å². The fourth-order valence-electron chi connectivity index (χ4n) is 2.30. The fraction of sp³-hybridized carbons (Fsp3) is 0.118. The highest BCUT2D eigenvalue weighted by Crippen LogP contribution is 2.17. The minimum atomic E-state index is -0.118. The molecule has 0 spiro atoms. The molecule has 4 nitrogen and oxygen atoms in total. The Morgan fingerprint density at radius 1 is 1.19 bits per heavy atom. The highest BCUT2D eigenvalue weighted by atomic mass is 16.5. The highest BCUT2D eigenvalue weighted by Gasteiger charge is 2.07. The third-order valence-corrected chi connectivity index (χ3v) is 3.31. The summed E-state index contributed by atoms with van der Waals surface area (Å²) in [6, 6.07) is 15.2. The van der Waals surface area contributed by atoms with Gasteiger partial charge in [-0.2, -0.15) is 0 Å². The van der Waals surface area contributed by atoms with Crippen LogP contribution in [-0.4, -0.2) is 18.0 Å². The normalized spacial score (nSPS) is 10.7. The molecule has 0 saturated carbocycles. The van der Waals surface area contributed by atoms with Crippen LogP contribution in [0, 0.1) is 0 Å². The first kappa shape index (κ1) is 13.4. The Morgan fingerprint density at radius 2 is 2.10 bits per heavy atom. The Labute approximate surface area is 122 Å². The monoisotopic (exact) mass is 280 g/mol. The Hall–Kier alpha value is -2.59. The lowest BCUT2D eigenvalue weighted by Gasteiger charge is -2.07. The summed E-state index contributed by atoms with van der Waals surface area (Å²) in [6.45, 7) is 0.527. The summed E-state index contributed by atoms with van der Waals surface area (Å²) in [5.41, 5.74) is 3.45. The second kappa shape index (κ2) is 5.81. The van der Waals surface area contributed by atoms with Gasteiger partial charge in [0.15, 0.2) is 0 Å². The van der Waals surface area contributed by atoms with Crippen molar-refractivity contribution in [2.75, 3.05) is 12.4 Å². The third-order valence-electron chi connectivity index (χ3n) is 3.31. The molecule has 0 unspecified atom stereocenters. The molecule has 3 rings (SSSR count). The van der Waals surface area contributed by atoms with Gasteiger partial charge < -0.3 is 15.0 Å². The van der Waals surface area contributed by atoms with E-state index in [1.165, 1.54) is 0 Å². The lowest BCUT2D eigenvalue weighted by molar-refractivity contribution is 0.102. The molecule has 106 valence electrons.